The van der Waals surface area contributed by atoms with E-state index in [0.717, 1.165) is 30.4 Å². The van der Waals surface area contributed by atoms with Crippen LogP contribution in [0.25, 0.3) is 0 Å². The molecule has 3 N–H and O–H groups in total. The Bertz CT molecular complexity index is 543. The normalized spacial score (nSPS) is 12.3. The Kier molecular flexibility index (Phi) is 5.21. The Hall–Kier alpha value is -1.78. The predicted octanol–water partition coefficient (Wildman–Crippen LogP) is 2.54. The molecule has 0 saturated heterocycles. The van der Waals surface area contributed by atoms with Gasteiger partial charge in [-0.1, -0.05) is 6.07 Å². The standard InChI is InChI=1S/C16H20FN3/c1-12-10-15(17)4-3-14(12)11-16(20-18)5-2-13-6-8-19-9-7-13/h3-4,6-10,16,20H,2,5,11,18H2,1H3. The molecule has 0 saturated carbocycles. The Labute approximate surface area is 119 Å². The minimum absolute atomic E-state index is 0.173. The van der Waals surface area contributed by atoms with Crippen LogP contribution in [-0.4, -0.2) is 11.0 Å². The van der Waals surface area contributed by atoms with Crippen molar-refractivity contribution >= 4 is 0 Å². The van der Waals surface area contributed by atoms with Crippen LogP contribution in [0.1, 0.15) is 23.1 Å². The maximum Gasteiger partial charge on any atom is 0.123 e. The number of nitrogens with two attached hydrogens (primary N) is 1. The fraction of sp³-hybridized carbons (Fsp3) is 0.312. The minimum Gasteiger partial charge on any atom is -0.271 e. The van der Waals surface area contributed by atoms with E-state index in [-0.39, 0.29) is 11.9 Å². The van der Waals surface area contributed by atoms with Gasteiger partial charge in [0.15, 0.2) is 0 Å². The van der Waals surface area contributed by atoms with Gasteiger partial charge in [0.25, 0.3) is 0 Å². The van der Waals surface area contributed by atoms with Crippen LogP contribution in [0.5, 0.6) is 0 Å². The molecule has 20 heavy (non-hydrogen) atoms. The third-order valence-corrected chi connectivity index (χ3v) is 3.54. The molecule has 0 aliphatic heterocycles. The number of hydrogen-bond acceptors (Lipinski definition) is 3. The van der Waals surface area contributed by atoms with E-state index in [1.807, 2.05) is 25.1 Å². The number of nitrogens with zero attached hydrogens (tertiary/aromatic N) is 1. The van der Waals surface area contributed by atoms with Gasteiger partial charge in [0.05, 0.1) is 0 Å². The fourth-order valence-electron chi connectivity index (χ4n) is 2.29. The number of rotatable bonds is 6. The molecule has 1 aromatic carbocycles. The van der Waals surface area contributed by atoms with Crippen molar-refractivity contribution in [3.8, 4) is 0 Å². The second-order valence-electron chi connectivity index (χ2n) is 5.03. The lowest BCUT2D eigenvalue weighted by molar-refractivity contribution is 0.490. The van der Waals surface area contributed by atoms with Gasteiger partial charge in [0.2, 0.25) is 0 Å². The SMILES string of the molecule is Cc1cc(F)ccc1CC(CCc1ccncc1)NN. The molecule has 1 aromatic heterocycles. The molecule has 4 heteroatoms. The molecule has 1 atom stereocenters. The van der Waals surface area contributed by atoms with Gasteiger partial charge in [0, 0.05) is 18.4 Å². The second kappa shape index (κ2) is 7.12. The minimum atomic E-state index is -0.194. The first kappa shape index (κ1) is 14.6. The molecule has 1 heterocycles. The lowest BCUT2D eigenvalue weighted by atomic mass is 9.97. The van der Waals surface area contributed by atoms with E-state index in [1.165, 1.54) is 11.6 Å². The van der Waals surface area contributed by atoms with Crippen molar-refractivity contribution in [1.82, 2.24) is 10.4 Å². The highest BCUT2D eigenvalue weighted by Crippen LogP contribution is 2.14. The molecule has 0 fully saturated rings. The highest BCUT2D eigenvalue weighted by molar-refractivity contribution is 5.27. The fourth-order valence-corrected chi connectivity index (χ4v) is 2.29. The Morgan fingerprint density at radius 3 is 2.65 bits per heavy atom. The van der Waals surface area contributed by atoms with Gasteiger partial charge in [-0.25, -0.2) is 4.39 Å². The maximum absolute atomic E-state index is 13.1. The van der Waals surface area contributed by atoms with Crippen LogP contribution in [0, 0.1) is 12.7 Å². The molecule has 106 valence electrons. The van der Waals surface area contributed by atoms with E-state index in [4.69, 9.17) is 5.84 Å². The molecule has 0 radical (unpaired) electrons. The van der Waals surface area contributed by atoms with Crippen molar-refractivity contribution in [3.63, 3.8) is 0 Å². The summed E-state index contributed by atoms with van der Waals surface area (Å²) in [6.07, 6.45) is 6.26. The maximum atomic E-state index is 13.1. The van der Waals surface area contributed by atoms with Gasteiger partial charge in [-0.2, -0.15) is 0 Å². The number of hydrazine groups is 1. The van der Waals surface area contributed by atoms with Crippen molar-refractivity contribution in [2.45, 2.75) is 32.2 Å². The van der Waals surface area contributed by atoms with Crippen LogP contribution in [0.15, 0.2) is 42.7 Å². The number of benzene rings is 1. The van der Waals surface area contributed by atoms with Crippen LogP contribution in [0.2, 0.25) is 0 Å². The molecule has 0 amide bonds. The number of halogens is 1. The molecule has 2 aromatic rings. The summed E-state index contributed by atoms with van der Waals surface area (Å²) < 4.78 is 13.1. The lowest BCUT2D eigenvalue weighted by Gasteiger charge is -2.17. The summed E-state index contributed by atoms with van der Waals surface area (Å²) in [4.78, 5) is 4.00. The highest BCUT2D eigenvalue weighted by atomic mass is 19.1. The molecule has 0 bridgehead atoms. The van der Waals surface area contributed by atoms with Crippen molar-refractivity contribution in [2.75, 3.05) is 0 Å². The quantitative estimate of drug-likeness (QED) is 0.628. The van der Waals surface area contributed by atoms with Crippen LogP contribution >= 0.6 is 0 Å². The summed E-state index contributed by atoms with van der Waals surface area (Å²) in [5, 5.41) is 0. The Morgan fingerprint density at radius 1 is 1.25 bits per heavy atom. The molecule has 0 spiro atoms. The summed E-state index contributed by atoms with van der Waals surface area (Å²) in [7, 11) is 0. The average molecular weight is 273 g/mol. The van der Waals surface area contributed by atoms with Crippen LogP contribution < -0.4 is 11.3 Å². The summed E-state index contributed by atoms with van der Waals surface area (Å²) in [6, 6.07) is 9.09. The number of aryl methyl sites for hydroxylation is 2. The molecule has 0 aliphatic carbocycles. The molecule has 2 rings (SSSR count). The third kappa shape index (κ3) is 4.11. The molecule has 0 aliphatic rings. The van der Waals surface area contributed by atoms with Gasteiger partial charge in [0.1, 0.15) is 5.82 Å². The van der Waals surface area contributed by atoms with Gasteiger partial charge >= 0.3 is 0 Å². The topological polar surface area (TPSA) is 50.9 Å². The largest absolute Gasteiger partial charge is 0.271 e. The third-order valence-electron chi connectivity index (χ3n) is 3.54. The monoisotopic (exact) mass is 273 g/mol. The number of pyridine rings is 1. The Morgan fingerprint density at radius 2 is 2.00 bits per heavy atom. The number of aromatic nitrogens is 1. The van der Waals surface area contributed by atoms with E-state index in [1.54, 1.807) is 18.5 Å². The van der Waals surface area contributed by atoms with Crippen LogP contribution in [-0.2, 0) is 12.8 Å². The van der Waals surface area contributed by atoms with Gasteiger partial charge in [-0.3, -0.25) is 16.3 Å². The summed E-state index contributed by atoms with van der Waals surface area (Å²) in [5.74, 6) is 5.43. The number of hydrogen-bond donors (Lipinski definition) is 2. The first-order chi connectivity index (χ1) is 9.69. The van der Waals surface area contributed by atoms with Gasteiger partial charge in [-0.05, 0) is 67.1 Å². The Balaban J connectivity index is 1.95. The van der Waals surface area contributed by atoms with E-state index in [0.29, 0.717) is 0 Å². The smallest absolute Gasteiger partial charge is 0.123 e. The zero-order valence-electron chi connectivity index (χ0n) is 11.6. The van der Waals surface area contributed by atoms with Crippen molar-refractivity contribution < 1.29 is 4.39 Å². The molecular formula is C16H20FN3. The lowest BCUT2D eigenvalue weighted by Crippen LogP contribution is -2.37. The zero-order chi connectivity index (χ0) is 14.4. The summed E-state index contributed by atoms with van der Waals surface area (Å²) >= 11 is 0. The van der Waals surface area contributed by atoms with Gasteiger partial charge < -0.3 is 0 Å². The first-order valence-electron chi connectivity index (χ1n) is 6.79. The first-order valence-corrected chi connectivity index (χ1v) is 6.79. The van der Waals surface area contributed by atoms with Crippen molar-refractivity contribution in [1.29, 1.82) is 0 Å². The van der Waals surface area contributed by atoms with Crippen molar-refractivity contribution in [2.24, 2.45) is 5.84 Å². The highest BCUT2D eigenvalue weighted by Gasteiger charge is 2.10. The summed E-state index contributed by atoms with van der Waals surface area (Å²) in [5.41, 5.74) is 6.20. The van der Waals surface area contributed by atoms with E-state index >= 15 is 0 Å². The second-order valence-corrected chi connectivity index (χ2v) is 5.03. The van der Waals surface area contributed by atoms with E-state index in [9.17, 15) is 4.39 Å². The molecule has 1 unspecified atom stereocenters. The molecular weight excluding hydrogens is 253 g/mol. The molecule has 3 nitrogen and oxygen atoms in total. The van der Waals surface area contributed by atoms with E-state index < -0.39 is 0 Å². The summed E-state index contributed by atoms with van der Waals surface area (Å²) in [6.45, 7) is 1.93. The van der Waals surface area contributed by atoms with Crippen LogP contribution in [0.4, 0.5) is 4.39 Å². The predicted molar refractivity (Wildman–Crippen MR) is 78.5 cm³/mol. The van der Waals surface area contributed by atoms with E-state index in [2.05, 4.69) is 10.4 Å². The number of nitrogens with one attached hydrogen (secondary N) is 1. The van der Waals surface area contributed by atoms with Gasteiger partial charge in [-0.15, -0.1) is 0 Å². The van der Waals surface area contributed by atoms with Crippen molar-refractivity contribution in [3.05, 3.63) is 65.2 Å². The van der Waals surface area contributed by atoms with Crippen LogP contribution in [0.3, 0.4) is 0 Å². The zero-order valence-corrected chi connectivity index (χ0v) is 11.6. The average Bonchev–Trinajstić information content (AvgIpc) is 2.46.